The number of carbonyl (C=O) groups excluding carboxylic acids is 1. The first-order chi connectivity index (χ1) is 21.0. The Labute approximate surface area is 245 Å². The van der Waals surface area contributed by atoms with E-state index in [4.69, 9.17) is 5.73 Å². The minimum atomic E-state index is -0.573. The molecule has 1 atom stereocenters. The molecule has 7 rings (SSSR count). The molecule has 0 spiro atoms. The number of nitrogens with zero attached hydrogens (tertiary/aromatic N) is 5. The lowest BCUT2D eigenvalue weighted by Gasteiger charge is -2.21. The van der Waals surface area contributed by atoms with E-state index in [0.29, 0.717) is 33.4 Å². The van der Waals surface area contributed by atoms with Crippen LogP contribution < -0.4 is 21.1 Å². The number of aromatic amines is 1. The highest BCUT2D eigenvalue weighted by Crippen LogP contribution is 2.24. The number of hydrogen-bond acceptors (Lipinski definition) is 5. The molecule has 10 nitrogen and oxygen atoms in total. The highest BCUT2D eigenvalue weighted by Gasteiger charge is 2.27. The molecule has 0 saturated carbocycles. The number of benzene rings is 2. The van der Waals surface area contributed by atoms with Crippen LogP contribution in [0, 0.1) is 11.8 Å². The largest absolute Gasteiger partial charge is 0.382 e. The zero-order valence-electron chi connectivity index (χ0n) is 23.0. The van der Waals surface area contributed by atoms with Crippen LogP contribution in [0.4, 0.5) is 5.82 Å². The third-order valence-corrected chi connectivity index (χ3v) is 7.35. The van der Waals surface area contributed by atoms with Crippen molar-refractivity contribution in [3.05, 3.63) is 136 Å². The number of H-pyrrole nitrogens is 1. The van der Waals surface area contributed by atoms with Crippen molar-refractivity contribution in [3.8, 4) is 17.5 Å². The molecule has 0 aliphatic heterocycles. The Kier molecular flexibility index (Phi) is 6.18. The molecule has 1 amide bonds. The van der Waals surface area contributed by atoms with Crippen molar-refractivity contribution < 1.29 is 9.31 Å². The first-order valence-corrected chi connectivity index (χ1v) is 13.6. The summed E-state index contributed by atoms with van der Waals surface area (Å²) < 4.78 is 4.97. The molecule has 43 heavy (non-hydrogen) atoms. The molecular formula is C33H25N8O2+. The first-order valence-electron chi connectivity index (χ1n) is 13.6. The van der Waals surface area contributed by atoms with Crippen LogP contribution >= 0.6 is 0 Å². The maximum atomic E-state index is 14.3. The predicted octanol–water partition coefficient (Wildman–Crippen LogP) is 3.57. The zero-order valence-corrected chi connectivity index (χ0v) is 23.0. The van der Waals surface area contributed by atoms with Crippen LogP contribution in [0.1, 0.15) is 40.1 Å². The number of fused-ring (bicyclic) bond motifs is 3. The minimum Gasteiger partial charge on any atom is -0.382 e. The lowest BCUT2D eigenvalue weighted by atomic mass is 10.0. The molecule has 1 unspecified atom stereocenters. The molecule has 5 aromatic heterocycles. The summed E-state index contributed by atoms with van der Waals surface area (Å²) >= 11 is 0. The van der Waals surface area contributed by atoms with Gasteiger partial charge in [0.25, 0.3) is 11.5 Å². The number of nitrogens with one attached hydrogen (secondary N) is 2. The van der Waals surface area contributed by atoms with Gasteiger partial charge in [-0.15, -0.1) is 4.52 Å². The van der Waals surface area contributed by atoms with Crippen LogP contribution in [0.15, 0.2) is 108 Å². The van der Waals surface area contributed by atoms with Crippen LogP contribution in [0.5, 0.6) is 0 Å². The van der Waals surface area contributed by atoms with E-state index >= 15 is 0 Å². The van der Waals surface area contributed by atoms with Gasteiger partial charge in [0.2, 0.25) is 0 Å². The molecule has 0 fully saturated rings. The summed E-state index contributed by atoms with van der Waals surface area (Å²) in [6.45, 7) is 1.83. The van der Waals surface area contributed by atoms with Crippen LogP contribution in [0.25, 0.3) is 27.6 Å². The summed E-state index contributed by atoms with van der Waals surface area (Å²) in [6, 6.07) is 23.8. The average molecular weight is 566 g/mol. The Morgan fingerprint density at radius 2 is 1.84 bits per heavy atom. The smallest absolute Gasteiger partial charge is 0.362 e. The lowest BCUT2D eigenvalue weighted by Crippen LogP contribution is -2.33. The van der Waals surface area contributed by atoms with E-state index in [2.05, 4.69) is 32.3 Å². The number of hydrogen-bond donors (Lipinski definition) is 3. The monoisotopic (exact) mass is 565 g/mol. The van der Waals surface area contributed by atoms with Gasteiger partial charge < -0.3 is 11.1 Å². The highest BCUT2D eigenvalue weighted by molar-refractivity contribution is 6.03. The van der Waals surface area contributed by atoms with Crippen molar-refractivity contribution in [3.63, 3.8) is 0 Å². The Morgan fingerprint density at radius 1 is 1.02 bits per heavy atom. The second-order valence-electron chi connectivity index (χ2n) is 10.1. The number of para-hydroxylation sites is 1. The number of aromatic nitrogens is 6. The fourth-order valence-electron chi connectivity index (χ4n) is 5.33. The van der Waals surface area contributed by atoms with Crippen molar-refractivity contribution in [1.82, 2.24) is 29.6 Å². The standard InChI is InChI=1S/C33H24N8O2/c1-21(37-32(42)29-30(34)38-40-18-8-16-35-31(29)40)27-19-23-10-7-9-22(14-15-24-20-36-39-17-6-5-13-26(24)39)28(23)33(43)41(27)25-11-3-2-4-12-25/h2-13,16-21H,1H3,(H3,34,37,38,42)/p+1. The average Bonchev–Trinajstić information content (AvgIpc) is 3.60. The SMILES string of the molecule is CC(NC(=O)c1c(N)[nH][n+]2cccnc12)c1cc2cccc(C#Cc3cnn4ccccc34)c2c(=O)n1-c1ccccc1. The van der Waals surface area contributed by atoms with E-state index < -0.39 is 11.9 Å². The molecule has 7 aromatic rings. The Balaban J connectivity index is 1.35. The molecule has 208 valence electrons. The summed E-state index contributed by atoms with van der Waals surface area (Å²) in [4.78, 5) is 32.1. The molecule has 2 aromatic carbocycles. The maximum absolute atomic E-state index is 14.3. The summed E-state index contributed by atoms with van der Waals surface area (Å²) in [7, 11) is 0. The van der Waals surface area contributed by atoms with Gasteiger partial charge in [0.1, 0.15) is 12.4 Å². The Morgan fingerprint density at radius 3 is 2.70 bits per heavy atom. The van der Waals surface area contributed by atoms with Gasteiger partial charge in [-0.05, 0) is 53.7 Å². The Bertz CT molecular complexity index is 2300. The number of amides is 1. The van der Waals surface area contributed by atoms with Gasteiger partial charge in [-0.2, -0.15) is 5.10 Å². The van der Waals surface area contributed by atoms with Crippen molar-refractivity contribution in [2.75, 3.05) is 5.73 Å². The number of nitrogens with two attached hydrogens (primary N) is 1. The fourth-order valence-corrected chi connectivity index (χ4v) is 5.33. The number of rotatable bonds is 4. The normalized spacial score (nSPS) is 11.8. The van der Waals surface area contributed by atoms with Gasteiger partial charge >= 0.3 is 5.65 Å². The van der Waals surface area contributed by atoms with Gasteiger partial charge in [0, 0.05) is 29.2 Å². The molecule has 0 radical (unpaired) electrons. The second kappa shape index (κ2) is 10.3. The summed E-state index contributed by atoms with van der Waals surface area (Å²) in [5.41, 5.74) is 10.0. The number of anilines is 1. The van der Waals surface area contributed by atoms with Crippen molar-refractivity contribution in [1.29, 1.82) is 0 Å². The molecule has 4 N–H and O–H groups in total. The third-order valence-electron chi connectivity index (χ3n) is 7.35. The van der Waals surface area contributed by atoms with E-state index in [1.807, 2.05) is 85.9 Å². The van der Waals surface area contributed by atoms with Crippen molar-refractivity contribution in [2.24, 2.45) is 0 Å². The van der Waals surface area contributed by atoms with Crippen molar-refractivity contribution >= 4 is 33.7 Å². The summed E-state index contributed by atoms with van der Waals surface area (Å²) in [6.07, 6.45) is 6.90. The molecule has 0 bridgehead atoms. The number of carbonyl (C=O) groups is 1. The number of nitrogen functional groups attached to an aromatic ring is 1. The van der Waals surface area contributed by atoms with Crippen LogP contribution in [0.3, 0.4) is 0 Å². The maximum Gasteiger partial charge on any atom is 0.362 e. The van der Waals surface area contributed by atoms with Gasteiger partial charge in [-0.1, -0.05) is 48.2 Å². The van der Waals surface area contributed by atoms with Gasteiger partial charge in [0.15, 0.2) is 11.4 Å². The molecule has 5 heterocycles. The summed E-state index contributed by atoms with van der Waals surface area (Å²) in [5, 5.41) is 11.5. The topological polar surface area (TPSA) is 127 Å². The Hall–Kier alpha value is -6.21. The van der Waals surface area contributed by atoms with Gasteiger partial charge in [-0.3, -0.25) is 14.2 Å². The van der Waals surface area contributed by atoms with E-state index in [1.54, 1.807) is 38.3 Å². The predicted molar refractivity (Wildman–Crippen MR) is 163 cm³/mol. The minimum absolute atomic E-state index is 0.191. The molecular weight excluding hydrogens is 540 g/mol. The van der Waals surface area contributed by atoms with Crippen LogP contribution in [0.2, 0.25) is 0 Å². The van der Waals surface area contributed by atoms with E-state index in [0.717, 1.165) is 11.1 Å². The fraction of sp³-hybridized carbons (Fsp3) is 0.0606. The molecule has 0 aliphatic rings. The zero-order chi connectivity index (χ0) is 29.5. The van der Waals surface area contributed by atoms with Gasteiger partial charge in [0.05, 0.1) is 28.7 Å². The highest BCUT2D eigenvalue weighted by atomic mass is 16.2. The molecule has 0 aliphatic carbocycles. The van der Waals surface area contributed by atoms with Crippen molar-refractivity contribution in [2.45, 2.75) is 13.0 Å². The quantitative estimate of drug-likeness (QED) is 0.222. The van der Waals surface area contributed by atoms with Crippen LogP contribution in [-0.2, 0) is 0 Å². The van der Waals surface area contributed by atoms with E-state index in [9.17, 15) is 9.59 Å². The van der Waals surface area contributed by atoms with E-state index in [-0.39, 0.29) is 16.9 Å². The third kappa shape index (κ3) is 4.45. The van der Waals surface area contributed by atoms with Gasteiger partial charge in [-0.25, -0.2) is 9.61 Å². The lowest BCUT2D eigenvalue weighted by molar-refractivity contribution is -0.577. The summed E-state index contributed by atoms with van der Waals surface area (Å²) in [5.74, 6) is 6.19. The second-order valence-corrected chi connectivity index (χ2v) is 10.1. The first kappa shape index (κ1) is 25.7. The molecule has 10 heteroatoms. The van der Waals surface area contributed by atoms with E-state index in [1.165, 1.54) is 0 Å². The number of pyridine rings is 2. The molecule has 0 saturated heterocycles. The van der Waals surface area contributed by atoms with Crippen LogP contribution in [-0.4, -0.2) is 30.2 Å².